The zero-order valence-electron chi connectivity index (χ0n) is 7.62. The Morgan fingerprint density at radius 2 is 2.15 bits per heavy atom. The lowest BCUT2D eigenvalue weighted by Crippen LogP contribution is -2.17. The number of hydrogen-bond acceptors (Lipinski definition) is 2. The molecule has 2 aliphatic rings. The van der Waals surface area contributed by atoms with E-state index in [-0.39, 0.29) is 6.10 Å². The topological polar surface area (TPSA) is 20.2 Å². The molecule has 0 saturated heterocycles. The van der Waals surface area contributed by atoms with E-state index < -0.39 is 0 Å². The van der Waals surface area contributed by atoms with E-state index in [0.717, 1.165) is 25.2 Å². The highest BCUT2D eigenvalue weighted by atomic mass is 32.1. The highest BCUT2D eigenvalue weighted by molar-refractivity contribution is 7.10. The summed E-state index contributed by atoms with van der Waals surface area (Å²) < 4.78 is 0. The maximum absolute atomic E-state index is 9.53. The predicted molar refractivity (Wildman–Crippen MR) is 54.3 cm³/mol. The first-order valence-electron chi connectivity index (χ1n) is 5.12. The maximum atomic E-state index is 9.53. The molecular formula is C11H14OS. The van der Waals surface area contributed by atoms with Crippen molar-refractivity contribution in [2.45, 2.75) is 44.1 Å². The van der Waals surface area contributed by atoms with Crippen molar-refractivity contribution in [2.75, 3.05) is 0 Å². The number of fused-ring (bicyclic) bond motifs is 1. The van der Waals surface area contributed by atoms with Crippen LogP contribution < -0.4 is 0 Å². The van der Waals surface area contributed by atoms with Crippen molar-refractivity contribution in [1.29, 1.82) is 0 Å². The van der Waals surface area contributed by atoms with Crippen LogP contribution in [0.15, 0.2) is 5.38 Å². The molecule has 13 heavy (non-hydrogen) atoms. The van der Waals surface area contributed by atoms with Crippen molar-refractivity contribution < 1.29 is 5.11 Å². The number of hydrogen-bond donors (Lipinski definition) is 1. The number of aliphatic hydroxyl groups excluding tert-OH is 1. The van der Waals surface area contributed by atoms with Crippen molar-refractivity contribution in [3.8, 4) is 0 Å². The molecule has 1 heterocycles. The van der Waals surface area contributed by atoms with Gasteiger partial charge in [0, 0.05) is 11.3 Å². The molecule has 0 aliphatic heterocycles. The molecule has 0 amide bonds. The Morgan fingerprint density at radius 3 is 2.92 bits per heavy atom. The molecule has 1 aromatic rings. The summed E-state index contributed by atoms with van der Waals surface area (Å²) in [6.45, 7) is 0. The van der Waals surface area contributed by atoms with Crippen LogP contribution in [-0.2, 0) is 12.8 Å². The summed E-state index contributed by atoms with van der Waals surface area (Å²) >= 11 is 1.86. The van der Waals surface area contributed by atoms with Crippen LogP contribution in [0.25, 0.3) is 0 Å². The molecular weight excluding hydrogens is 180 g/mol. The van der Waals surface area contributed by atoms with Crippen molar-refractivity contribution in [3.05, 3.63) is 21.4 Å². The minimum atomic E-state index is -0.0711. The van der Waals surface area contributed by atoms with Crippen LogP contribution in [0.1, 0.15) is 41.2 Å². The molecule has 2 heteroatoms. The smallest absolute Gasteiger partial charge is 0.0591 e. The highest BCUT2D eigenvalue weighted by Crippen LogP contribution is 2.45. The normalized spacial score (nSPS) is 27.3. The van der Waals surface area contributed by atoms with Gasteiger partial charge >= 0.3 is 0 Å². The van der Waals surface area contributed by atoms with Gasteiger partial charge in [-0.3, -0.25) is 0 Å². The van der Waals surface area contributed by atoms with E-state index in [2.05, 4.69) is 5.38 Å². The van der Waals surface area contributed by atoms with Gasteiger partial charge in [0.2, 0.25) is 0 Å². The van der Waals surface area contributed by atoms with Crippen molar-refractivity contribution >= 4 is 11.3 Å². The summed E-state index contributed by atoms with van der Waals surface area (Å²) in [7, 11) is 0. The van der Waals surface area contributed by atoms with Crippen LogP contribution in [0.4, 0.5) is 0 Å². The summed E-state index contributed by atoms with van der Waals surface area (Å²) in [5.74, 6) is 0.884. The third kappa shape index (κ3) is 1.32. The predicted octanol–water partition coefficient (Wildman–Crippen LogP) is 2.48. The molecule has 1 N–H and O–H groups in total. The molecule has 1 fully saturated rings. The van der Waals surface area contributed by atoms with Gasteiger partial charge in [0.05, 0.1) is 6.10 Å². The lowest BCUT2D eigenvalue weighted by atomic mass is 9.92. The van der Waals surface area contributed by atoms with Gasteiger partial charge in [0.1, 0.15) is 0 Å². The first-order valence-corrected chi connectivity index (χ1v) is 6.00. The Kier molecular flexibility index (Phi) is 1.74. The van der Waals surface area contributed by atoms with E-state index in [1.54, 1.807) is 11.1 Å². The van der Waals surface area contributed by atoms with E-state index in [9.17, 15) is 5.11 Å². The van der Waals surface area contributed by atoms with Crippen molar-refractivity contribution in [2.24, 2.45) is 0 Å². The second-order valence-electron chi connectivity index (χ2n) is 4.26. The van der Waals surface area contributed by atoms with E-state index in [1.807, 2.05) is 11.3 Å². The second-order valence-corrected chi connectivity index (χ2v) is 5.23. The average molecular weight is 194 g/mol. The zero-order chi connectivity index (χ0) is 8.84. The Labute approximate surface area is 82.4 Å². The number of aliphatic hydroxyl groups is 1. The molecule has 0 radical (unpaired) electrons. The van der Waals surface area contributed by atoms with Gasteiger partial charge < -0.3 is 5.11 Å². The third-order valence-corrected chi connectivity index (χ3v) is 4.25. The molecule has 1 atom stereocenters. The molecule has 1 nitrogen and oxygen atoms in total. The first-order chi connectivity index (χ1) is 6.34. The lowest BCUT2D eigenvalue weighted by molar-refractivity contribution is 0.160. The van der Waals surface area contributed by atoms with Crippen molar-refractivity contribution in [3.63, 3.8) is 0 Å². The summed E-state index contributed by atoms with van der Waals surface area (Å²) in [6.07, 6.45) is 5.72. The zero-order valence-corrected chi connectivity index (χ0v) is 8.44. The average Bonchev–Trinajstić information content (AvgIpc) is 2.87. The molecule has 0 aromatic carbocycles. The Bertz CT molecular complexity index is 325. The largest absolute Gasteiger partial charge is 0.393 e. The number of thiophene rings is 1. The van der Waals surface area contributed by atoms with Crippen LogP contribution in [0.2, 0.25) is 0 Å². The second kappa shape index (κ2) is 2.82. The molecule has 2 aliphatic carbocycles. The van der Waals surface area contributed by atoms with Crippen LogP contribution >= 0.6 is 11.3 Å². The molecule has 0 bridgehead atoms. The SMILES string of the molecule is OC1CCc2c(C3CC3)csc2C1. The minimum absolute atomic E-state index is 0.0711. The summed E-state index contributed by atoms with van der Waals surface area (Å²) in [5, 5.41) is 11.9. The van der Waals surface area contributed by atoms with Crippen LogP contribution in [0, 0.1) is 0 Å². The number of rotatable bonds is 1. The van der Waals surface area contributed by atoms with Gasteiger partial charge in [0.15, 0.2) is 0 Å². The molecule has 1 saturated carbocycles. The van der Waals surface area contributed by atoms with Gasteiger partial charge in [-0.2, -0.15) is 0 Å². The minimum Gasteiger partial charge on any atom is -0.393 e. The fourth-order valence-electron chi connectivity index (χ4n) is 2.26. The van der Waals surface area contributed by atoms with Gasteiger partial charge in [0.25, 0.3) is 0 Å². The van der Waals surface area contributed by atoms with Gasteiger partial charge in [-0.15, -0.1) is 11.3 Å². The van der Waals surface area contributed by atoms with Crippen LogP contribution in [0.3, 0.4) is 0 Å². The van der Waals surface area contributed by atoms with Gasteiger partial charge in [-0.25, -0.2) is 0 Å². The quantitative estimate of drug-likeness (QED) is 0.728. The molecule has 0 spiro atoms. The van der Waals surface area contributed by atoms with Crippen LogP contribution in [-0.4, -0.2) is 11.2 Å². The van der Waals surface area contributed by atoms with Gasteiger partial charge in [-0.05, 0) is 48.1 Å². The fourth-order valence-corrected chi connectivity index (χ4v) is 3.51. The Morgan fingerprint density at radius 1 is 1.31 bits per heavy atom. The van der Waals surface area contributed by atoms with E-state index in [4.69, 9.17) is 0 Å². The van der Waals surface area contributed by atoms with Gasteiger partial charge in [-0.1, -0.05) is 0 Å². The molecule has 1 aromatic heterocycles. The third-order valence-electron chi connectivity index (χ3n) is 3.18. The van der Waals surface area contributed by atoms with E-state index >= 15 is 0 Å². The van der Waals surface area contributed by atoms with E-state index in [0.29, 0.717) is 0 Å². The Balaban J connectivity index is 1.97. The standard InChI is InChI=1S/C11H14OS/c12-8-3-4-9-10(7-1-2-7)6-13-11(9)5-8/h6-8,12H,1-5H2. The fraction of sp³-hybridized carbons (Fsp3) is 0.636. The molecule has 3 rings (SSSR count). The summed E-state index contributed by atoms with van der Waals surface area (Å²) in [6, 6.07) is 0. The molecule has 70 valence electrons. The van der Waals surface area contributed by atoms with Crippen molar-refractivity contribution in [1.82, 2.24) is 0 Å². The Hall–Kier alpha value is -0.340. The summed E-state index contributed by atoms with van der Waals surface area (Å²) in [5.41, 5.74) is 3.21. The monoisotopic (exact) mass is 194 g/mol. The maximum Gasteiger partial charge on any atom is 0.0591 e. The van der Waals surface area contributed by atoms with E-state index in [1.165, 1.54) is 17.7 Å². The lowest BCUT2D eigenvalue weighted by Gasteiger charge is -2.18. The molecule has 1 unspecified atom stereocenters. The summed E-state index contributed by atoms with van der Waals surface area (Å²) in [4.78, 5) is 1.46. The highest BCUT2D eigenvalue weighted by Gasteiger charge is 2.30. The van der Waals surface area contributed by atoms with Crippen LogP contribution in [0.5, 0.6) is 0 Å². The first kappa shape index (κ1) is 8.01.